The van der Waals surface area contributed by atoms with E-state index in [1.54, 1.807) is 33.8 Å². The molecule has 114 valence electrons. The molecule has 5 nitrogen and oxygen atoms in total. The van der Waals surface area contributed by atoms with Gasteiger partial charge in [0.15, 0.2) is 5.13 Å². The Morgan fingerprint density at radius 2 is 2.19 bits per heavy atom. The summed E-state index contributed by atoms with van der Waals surface area (Å²) in [6.45, 7) is 5.45. The Bertz CT molecular complexity index is 553. The third-order valence-electron chi connectivity index (χ3n) is 3.01. The fraction of sp³-hybridized carbons (Fsp3) is 0.500. The Hall–Kier alpha value is -1.47. The Labute approximate surface area is 133 Å². The molecule has 2 aromatic rings. The first-order chi connectivity index (χ1) is 10.2. The number of aromatic nitrogens is 2. The van der Waals surface area contributed by atoms with Gasteiger partial charge in [-0.15, -0.1) is 22.7 Å². The number of likely N-dealkylation sites (N-methyl/N-ethyl adjacent to an activating group) is 1. The van der Waals surface area contributed by atoms with Gasteiger partial charge in [0.05, 0.1) is 5.01 Å². The first-order valence-electron chi connectivity index (χ1n) is 7.12. The fourth-order valence-electron chi connectivity index (χ4n) is 1.91. The van der Waals surface area contributed by atoms with Crippen molar-refractivity contribution >= 4 is 33.8 Å². The lowest BCUT2D eigenvalue weighted by Gasteiger charge is -2.19. The van der Waals surface area contributed by atoms with Crippen LogP contribution >= 0.6 is 22.7 Å². The van der Waals surface area contributed by atoms with Crippen molar-refractivity contribution in [3.63, 3.8) is 0 Å². The Morgan fingerprint density at radius 1 is 1.33 bits per heavy atom. The molecule has 0 fully saturated rings. The number of carbonyl (C=O) groups excluding carboxylic acids is 1. The van der Waals surface area contributed by atoms with Crippen molar-refractivity contribution in [3.8, 4) is 0 Å². The zero-order chi connectivity index (χ0) is 15.1. The number of aryl methyl sites for hydroxylation is 1. The molecule has 7 heteroatoms. The summed E-state index contributed by atoms with van der Waals surface area (Å²) >= 11 is 3.17. The zero-order valence-corrected chi connectivity index (χ0v) is 14.0. The molecule has 0 saturated heterocycles. The summed E-state index contributed by atoms with van der Waals surface area (Å²) in [4.78, 5) is 23.7. The van der Waals surface area contributed by atoms with Crippen molar-refractivity contribution in [2.75, 3.05) is 18.4 Å². The molecule has 0 aliphatic carbocycles. The van der Waals surface area contributed by atoms with E-state index in [9.17, 15) is 4.79 Å². The number of hydrogen-bond acceptors (Lipinski definition) is 5. The summed E-state index contributed by atoms with van der Waals surface area (Å²) in [7, 11) is 0. The summed E-state index contributed by atoms with van der Waals surface area (Å²) in [6.07, 6.45) is 6.52. The van der Waals surface area contributed by atoms with Crippen molar-refractivity contribution in [1.29, 1.82) is 0 Å². The molecule has 2 heterocycles. The predicted octanol–water partition coefficient (Wildman–Crippen LogP) is 3.65. The van der Waals surface area contributed by atoms with E-state index in [2.05, 4.69) is 22.2 Å². The van der Waals surface area contributed by atoms with E-state index in [0.29, 0.717) is 18.2 Å². The van der Waals surface area contributed by atoms with Crippen LogP contribution in [-0.2, 0) is 12.8 Å². The quantitative estimate of drug-likeness (QED) is 0.846. The van der Waals surface area contributed by atoms with Gasteiger partial charge in [0.1, 0.15) is 0 Å². The molecule has 0 saturated carbocycles. The highest BCUT2D eigenvalue weighted by Gasteiger charge is 2.14. The van der Waals surface area contributed by atoms with Gasteiger partial charge in [-0.1, -0.05) is 13.3 Å². The molecule has 2 rings (SSSR count). The van der Waals surface area contributed by atoms with E-state index >= 15 is 0 Å². The van der Waals surface area contributed by atoms with Crippen molar-refractivity contribution in [1.82, 2.24) is 14.9 Å². The normalized spacial score (nSPS) is 10.6. The van der Waals surface area contributed by atoms with Crippen LogP contribution in [0.4, 0.5) is 9.93 Å². The van der Waals surface area contributed by atoms with E-state index in [1.807, 2.05) is 18.5 Å². The molecule has 2 amide bonds. The third kappa shape index (κ3) is 4.78. The first kappa shape index (κ1) is 15.9. The van der Waals surface area contributed by atoms with Crippen LogP contribution in [0, 0.1) is 0 Å². The lowest BCUT2D eigenvalue weighted by molar-refractivity contribution is 0.215. The van der Waals surface area contributed by atoms with E-state index in [0.717, 1.165) is 24.3 Å². The van der Waals surface area contributed by atoms with Crippen LogP contribution in [0.2, 0.25) is 0 Å². The van der Waals surface area contributed by atoms with Crippen LogP contribution in [0.25, 0.3) is 0 Å². The molecule has 0 aliphatic heterocycles. The van der Waals surface area contributed by atoms with Gasteiger partial charge in [-0.05, 0) is 13.3 Å². The maximum absolute atomic E-state index is 12.2. The monoisotopic (exact) mass is 324 g/mol. The lowest BCUT2D eigenvalue weighted by atomic mass is 10.3. The number of nitrogens with one attached hydrogen (secondary N) is 1. The van der Waals surface area contributed by atoms with Gasteiger partial charge < -0.3 is 4.90 Å². The number of urea groups is 1. The van der Waals surface area contributed by atoms with Crippen molar-refractivity contribution in [2.45, 2.75) is 33.1 Å². The smallest absolute Gasteiger partial charge is 0.323 e. The zero-order valence-electron chi connectivity index (χ0n) is 12.3. The van der Waals surface area contributed by atoms with Gasteiger partial charge in [0.25, 0.3) is 0 Å². The predicted molar refractivity (Wildman–Crippen MR) is 88.2 cm³/mol. The van der Waals surface area contributed by atoms with Crippen molar-refractivity contribution < 1.29 is 4.79 Å². The first-order valence-corrected chi connectivity index (χ1v) is 8.81. The minimum absolute atomic E-state index is 0.0912. The second kappa shape index (κ2) is 8.09. The fourth-order valence-corrected chi connectivity index (χ4v) is 3.42. The van der Waals surface area contributed by atoms with E-state index in [-0.39, 0.29) is 6.03 Å². The number of anilines is 1. The molecule has 0 spiro atoms. The highest BCUT2D eigenvalue weighted by molar-refractivity contribution is 7.15. The minimum atomic E-state index is -0.0912. The van der Waals surface area contributed by atoms with Crippen LogP contribution in [0.3, 0.4) is 0 Å². The molecule has 2 aromatic heterocycles. The molecule has 21 heavy (non-hydrogen) atoms. The van der Waals surface area contributed by atoms with Crippen LogP contribution in [0.5, 0.6) is 0 Å². The topological polar surface area (TPSA) is 58.1 Å². The molecule has 0 radical (unpaired) electrons. The lowest BCUT2D eigenvalue weighted by Crippen LogP contribution is -2.36. The van der Waals surface area contributed by atoms with Crippen molar-refractivity contribution in [3.05, 3.63) is 27.7 Å². The number of rotatable bonds is 7. The molecule has 0 atom stereocenters. The number of nitrogens with zero attached hydrogens (tertiary/aromatic N) is 3. The van der Waals surface area contributed by atoms with Gasteiger partial charge in [-0.25, -0.2) is 14.8 Å². The maximum Gasteiger partial charge on any atom is 0.323 e. The van der Waals surface area contributed by atoms with Gasteiger partial charge in [0.2, 0.25) is 0 Å². The van der Waals surface area contributed by atoms with Crippen LogP contribution < -0.4 is 5.32 Å². The van der Waals surface area contributed by atoms with Crippen LogP contribution in [0.1, 0.15) is 30.2 Å². The Kier molecular flexibility index (Phi) is 6.13. The number of thiazole rings is 2. The molecule has 0 unspecified atom stereocenters. The second-order valence-electron chi connectivity index (χ2n) is 4.57. The Morgan fingerprint density at radius 3 is 2.86 bits per heavy atom. The third-order valence-corrected chi connectivity index (χ3v) is 4.82. The summed E-state index contributed by atoms with van der Waals surface area (Å²) in [5.74, 6) is 0. The summed E-state index contributed by atoms with van der Waals surface area (Å²) < 4.78 is 0. The van der Waals surface area contributed by atoms with Gasteiger partial charge in [0, 0.05) is 42.2 Å². The number of hydrogen-bond donors (Lipinski definition) is 1. The maximum atomic E-state index is 12.2. The highest BCUT2D eigenvalue weighted by Crippen LogP contribution is 2.19. The standard InChI is InChI=1S/C14H20N4OS2/c1-3-5-11-10-16-13(21-11)17-14(19)18(4-2)8-6-12-15-7-9-20-12/h7,9-10H,3-6,8H2,1-2H3,(H,16,17,19). The summed E-state index contributed by atoms with van der Waals surface area (Å²) in [6, 6.07) is -0.0912. The Balaban J connectivity index is 1.86. The van der Waals surface area contributed by atoms with Gasteiger partial charge >= 0.3 is 6.03 Å². The average Bonchev–Trinajstić information content (AvgIpc) is 3.12. The molecular weight excluding hydrogens is 304 g/mol. The van der Waals surface area contributed by atoms with Crippen LogP contribution in [0.15, 0.2) is 17.8 Å². The van der Waals surface area contributed by atoms with Gasteiger partial charge in [-0.2, -0.15) is 0 Å². The van der Waals surface area contributed by atoms with Crippen LogP contribution in [-0.4, -0.2) is 34.0 Å². The average molecular weight is 324 g/mol. The van der Waals surface area contributed by atoms with Gasteiger partial charge in [-0.3, -0.25) is 5.32 Å². The molecular formula is C14H20N4OS2. The van der Waals surface area contributed by atoms with E-state index in [4.69, 9.17) is 0 Å². The highest BCUT2D eigenvalue weighted by atomic mass is 32.1. The summed E-state index contributed by atoms with van der Waals surface area (Å²) in [5, 5.41) is 6.57. The van der Waals surface area contributed by atoms with E-state index in [1.165, 1.54) is 4.88 Å². The summed E-state index contributed by atoms with van der Waals surface area (Å²) in [5.41, 5.74) is 0. The SMILES string of the molecule is CCCc1cnc(NC(=O)N(CC)CCc2nccs2)s1. The number of amides is 2. The number of carbonyl (C=O) groups is 1. The van der Waals surface area contributed by atoms with Crippen molar-refractivity contribution in [2.24, 2.45) is 0 Å². The molecule has 0 aromatic carbocycles. The molecule has 0 aliphatic rings. The largest absolute Gasteiger partial charge is 0.324 e. The minimum Gasteiger partial charge on any atom is -0.324 e. The van der Waals surface area contributed by atoms with E-state index < -0.39 is 0 Å². The molecule has 1 N–H and O–H groups in total. The molecule has 0 bridgehead atoms. The second-order valence-corrected chi connectivity index (χ2v) is 6.66.